The van der Waals surface area contributed by atoms with Crippen LogP contribution < -0.4 is 5.32 Å². The number of hydrogen-bond acceptors (Lipinski definition) is 5. The van der Waals surface area contributed by atoms with Crippen molar-refractivity contribution in [3.05, 3.63) is 35.9 Å². The minimum atomic E-state index is -0.326. The van der Waals surface area contributed by atoms with E-state index in [2.05, 4.69) is 39.4 Å². The van der Waals surface area contributed by atoms with Gasteiger partial charge in [0.05, 0.1) is 25.9 Å². The molecular formula is C25H39N3O3. The Morgan fingerprint density at radius 3 is 2.48 bits per heavy atom. The van der Waals surface area contributed by atoms with Crippen LogP contribution in [0.3, 0.4) is 0 Å². The lowest BCUT2D eigenvalue weighted by Gasteiger charge is -2.37. The van der Waals surface area contributed by atoms with Gasteiger partial charge in [-0.1, -0.05) is 36.8 Å². The monoisotopic (exact) mass is 429 g/mol. The summed E-state index contributed by atoms with van der Waals surface area (Å²) in [6.45, 7) is 6.50. The van der Waals surface area contributed by atoms with E-state index in [9.17, 15) is 9.90 Å². The molecule has 0 radical (unpaired) electrons. The number of hydrogen-bond donors (Lipinski definition) is 2. The van der Waals surface area contributed by atoms with E-state index in [-0.39, 0.29) is 23.5 Å². The molecule has 1 aromatic carbocycles. The van der Waals surface area contributed by atoms with Crippen LogP contribution in [0.4, 0.5) is 0 Å². The number of ether oxygens (including phenoxy) is 1. The van der Waals surface area contributed by atoms with Crippen molar-refractivity contribution in [1.82, 2.24) is 15.1 Å². The summed E-state index contributed by atoms with van der Waals surface area (Å²) in [5.41, 5.74) is 1.16. The number of carbonyl (C=O) groups excluding carboxylic acids is 1. The first-order valence-electron chi connectivity index (χ1n) is 12.2. The molecule has 0 aromatic heterocycles. The Balaban J connectivity index is 1.44. The van der Waals surface area contributed by atoms with Gasteiger partial charge in [0.2, 0.25) is 5.91 Å². The molecule has 6 heteroatoms. The van der Waals surface area contributed by atoms with Crippen LogP contribution in [0.2, 0.25) is 0 Å². The lowest BCUT2D eigenvalue weighted by molar-refractivity contribution is -0.122. The smallest absolute Gasteiger partial charge is 0.234 e. The highest BCUT2D eigenvalue weighted by atomic mass is 16.5. The molecule has 3 atom stereocenters. The first-order chi connectivity index (χ1) is 15.2. The Morgan fingerprint density at radius 2 is 1.74 bits per heavy atom. The summed E-state index contributed by atoms with van der Waals surface area (Å²) in [7, 11) is 0. The van der Waals surface area contributed by atoms with E-state index in [1.807, 2.05) is 6.07 Å². The summed E-state index contributed by atoms with van der Waals surface area (Å²) in [6, 6.07) is 10.8. The first kappa shape index (κ1) is 22.7. The van der Waals surface area contributed by atoms with E-state index in [4.69, 9.17) is 4.74 Å². The topological polar surface area (TPSA) is 65.0 Å². The van der Waals surface area contributed by atoms with Crippen molar-refractivity contribution in [2.75, 3.05) is 52.5 Å². The first-order valence-corrected chi connectivity index (χ1v) is 12.2. The van der Waals surface area contributed by atoms with Crippen LogP contribution in [0.1, 0.15) is 50.5 Å². The quantitative estimate of drug-likeness (QED) is 0.679. The van der Waals surface area contributed by atoms with Gasteiger partial charge in [-0.05, 0) is 57.2 Å². The number of benzene rings is 1. The molecular weight excluding hydrogens is 390 g/mol. The van der Waals surface area contributed by atoms with Crippen molar-refractivity contribution in [2.45, 2.75) is 62.5 Å². The molecule has 31 heavy (non-hydrogen) atoms. The van der Waals surface area contributed by atoms with Crippen LogP contribution in [-0.2, 0) is 14.9 Å². The van der Waals surface area contributed by atoms with Crippen molar-refractivity contribution in [1.29, 1.82) is 0 Å². The molecule has 6 nitrogen and oxygen atoms in total. The van der Waals surface area contributed by atoms with E-state index in [1.165, 1.54) is 24.8 Å². The molecule has 4 rings (SSSR count). The number of likely N-dealkylation sites (tertiary alicyclic amines) is 1. The van der Waals surface area contributed by atoms with Gasteiger partial charge in [-0.3, -0.25) is 14.6 Å². The number of morpholine rings is 1. The van der Waals surface area contributed by atoms with Crippen LogP contribution in [0.5, 0.6) is 0 Å². The molecule has 2 N–H and O–H groups in total. The van der Waals surface area contributed by atoms with Gasteiger partial charge in [0.25, 0.3) is 0 Å². The van der Waals surface area contributed by atoms with Crippen LogP contribution in [0.15, 0.2) is 30.3 Å². The zero-order chi connectivity index (χ0) is 21.5. The fourth-order valence-electron chi connectivity index (χ4n) is 5.70. The predicted molar refractivity (Wildman–Crippen MR) is 122 cm³/mol. The molecule has 1 aliphatic carbocycles. The lowest BCUT2D eigenvalue weighted by atomic mass is 9.74. The number of aliphatic hydroxyl groups excluding tert-OH is 1. The summed E-state index contributed by atoms with van der Waals surface area (Å²) >= 11 is 0. The molecule has 1 amide bonds. The van der Waals surface area contributed by atoms with Gasteiger partial charge in [-0.2, -0.15) is 0 Å². The average Bonchev–Trinajstić information content (AvgIpc) is 2.99. The molecule has 1 aromatic rings. The second-order valence-corrected chi connectivity index (χ2v) is 9.62. The molecule has 0 bridgehead atoms. The number of piperidine rings is 1. The zero-order valence-electron chi connectivity index (χ0n) is 18.8. The fourth-order valence-corrected chi connectivity index (χ4v) is 5.70. The highest BCUT2D eigenvalue weighted by Gasteiger charge is 2.40. The number of aliphatic hydroxyl groups is 1. The Labute approximate surface area is 186 Å². The Morgan fingerprint density at radius 1 is 1.03 bits per heavy atom. The molecule has 0 unspecified atom stereocenters. The molecule has 172 valence electrons. The third kappa shape index (κ3) is 5.86. The van der Waals surface area contributed by atoms with E-state index in [1.54, 1.807) is 0 Å². The predicted octanol–water partition coefficient (Wildman–Crippen LogP) is 2.16. The maximum atomic E-state index is 12.8. The van der Waals surface area contributed by atoms with Crippen molar-refractivity contribution >= 4 is 5.91 Å². The van der Waals surface area contributed by atoms with E-state index in [0.717, 1.165) is 65.1 Å². The van der Waals surface area contributed by atoms with Crippen LogP contribution >= 0.6 is 0 Å². The average molecular weight is 430 g/mol. The minimum absolute atomic E-state index is 0.124. The highest BCUT2D eigenvalue weighted by molar-refractivity contribution is 5.78. The van der Waals surface area contributed by atoms with Crippen molar-refractivity contribution in [3.8, 4) is 0 Å². The van der Waals surface area contributed by atoms with E-state index >= 15 is 0 Å². The lowest BCUT2D eigenvalue weighted by Crippen LogP contribution is -2.48. The molecule has 1 saturated carbocycles. The molecule has 0 spiro atoms. The number of nitrogens with one attached hydrogen (secondary N) is 1. The normalized spacial score (nSPS) is 31.1. The maximum absolute atomic E-state index is 12.8. The van der Waals surface area contributed by atoms with E-state index < -0.39 is 0 Å². The molecule has 2 heterocycles. The van der Waals surface area contributed by atoms with Crippen LogP contribution in [-0.4, -0.2) is 85.4 Å². The second-order valence-electron chi connectivity index (χ2n) is 9.62. The number of carbonyl (C=O) groups is 1. The SMILES string of the molecule is O=C(CN1CCCCC1)NC[C@]1(c2ccccc2)CC[C@H](O)[C@@H](N2CCOCC2)CC1. The molecule has 3 fully saturated rings. The van der Waals surface area contributed by atoms with Gasteiger partial charge >= 0.3 is 0 Å². The zero-order valence-corrected chi connectivity index (χ0v) is 18.8. The van der Waals surface area contributed by atoms with E-state index in [0.29, 0.717) is 13.1 Å². The van der Waals surface area contributed by atoms with Gasteiger partial charge in [-0.15, -0.1) is 0 Å². The fraction of sp³-hybridized carbons (Fsp3) is 0.720. The third-order valence-corrected chi connectivity index (χ3v) is 7.62. The number of nitrogens with zero attached hydrogens (tertiary/aromatic N) is 2. The Hall–Kier alpha value is -1.47. The Kier molecular flexibility index (Phi) is 7.99. The Bertz CT molecular complexity index is 689. The van der Waals surface area contributed by atoms with Gasteiger partial charge in [0.1, 0.15) is 0 Å². The van der Waals surface area contributed by atoms with Gasteiger partial charge in [0, 0.05) is 31.1 Å². The summed E-state index contributed by atoms with van der Waals surface area (Å²) in [5, 5.41) is 14.3. The van der Waals surface area contributed by atoms with Crippen molar-refractivity contribution in [3.63, 3.8) is 0 Å². The summed E-state index contributed by atoms with van der Waals surface area (Å²) in [5.74, 6) is 0.131. The second kappa shape index (κ2) is 10.9. The van der Waals surface area contributed by atoms with Crippen molar-refractivity contribution in [2.24, 2.45) is 0 Å². The van der Waals surface area contributed by atoms with Gasteiger partial charge in [-0.25, -0.2) is 0 Å². The van der Waals surface area contributed by atoms with Crippen LogP contribution in [0, 0.1) is 0 Å². The summed E-state index contributed by atoms with van der Waals surface area (Å²) < 4.78 is 5.52. The maximum Gasteiger partial charge on any atom is 0.234 e. The van der Waals surface area contributed by atoms with Gasteiger partial charge < -0.3 is 15.2 Å². The van der Waals surface area contributed by atoms with Crippen LogP contribution in [0.25, 0.3) is 0 Å². The molecule has 3 aliphatic rings. The number of rotatable bonds is 6. The van der Waals surface area contributed by atoms with Crippen molar-refractivity contribution < 1.29 is 14.6 Å². The largest absolute Gasteiger partial charge is 0.391 e. The standard InChI is InChI=1S/C25H39N3O3/c29-23-10-12-25(21-7-3-1-4-8-21,11-9-22(23)28-15-17-31-18-16-28)20-26-24(30)19-27-13-5-2-6-14-27/h1,3-4,7-8,22-23,29H,2,5-6,9-20H2,(H,26,30)/t22-,23-,25+/m0/s1. The molecule has 2 saturated heterocycles. The summed E-state index contributed by atoms with van der Waals surface area (Å²) in [6.07, 6.45) is 6.92. The third-order valence-electron chi connectivity index (χ3n) is 7.62. The number of amides is 1. The minimum Gasteiger partial charge on any atom is -0.391 e. The molecule has 2 aliphatic heterocycles. The van der Waals surface area contributed by atoms with Gasteiger partial charge in [0.15, 0.2) is 0 Å². The highest BCUT2D eigenvalue weighted by Crippen LogP contribution is 2.39. The summed E-state index contributed by atoms with van der Waals surface area (Å²) in [4.78, 5) is 17.4.